The van der Waals surface area contributed by atoms with Gasteiger partial charge < -0.3 is 4.90 Å². The van der Waals surface area contributed by atoms with E-state index in [1.165, 1.54) is 0 Å². The van der Waals surface area contributed by atoms with Crippen molar-refractivity contribution in [2.45, 2.75) is 6.43 Å². The van der Waals surface area contributed by atoms with Gasteiger partial charge in [0.2, 0.25) is 0 Å². The number of rotatable bonds is 5. The summed E-state index contributed by atoms with van der Waals surface area (Å²) in [4.78, 5) is 12.5. The maximum Gasteiger partial charge on any atom is 0.257 e. The van der Waals surface area contributed by atoms with Crippen LogP contribution in [0.4, 0.5) is 22.0 Å². The Morgan fingerprint density at radius 1 is 1.21 bits per heavy atom. The third-order valence-corrected chi connectivity index (χ3v) is 2.62. The molecule has 0 saturated carbocycles. The van der Waals surface area contributed by atoms with Crippen LogP contribution in [0, 0.1) is 17.5 Å². The minimum atomic E-state index is -2.81. The molecule has 0 fully saturated rings. The SMILES string of the molecule is O=C(c1ccc(F)c(F)c1F)N(CCBr)CC(F)F. The van der Waals surface area contributed by atoms with E-state index in [0.717, 1.165) is 6.07 Å². The summed E-state index contributed by atoms with van der Waals surface area (Å²) < 4.78 is 63.7. The van der Waals surface area contributed by atoms with Gasteiger partial charge in [0.1, 0.15) is 0 Å². The molecule has 0 aromatic heterocycles. The third kappa shape index (κ3) is 3.89. The van der Waals surface area contributed by atoms with Gasteiger partial charge in [-0.15, -0.1) is 0 Å². The molecule has 19 heavy (non-hydrogen) atoms. The molecule has 1 aromatic carbocycles. The fraction of sp³-hybridized carbons (Fsp3) is 0.364. The second-order valence-corrected chi connectivity index (χ2v) is 4.35. The van der Waals surface area contributed by atoms with Gasteiger partial charge in [-0.3, -0.25) is 4.79 Å². The lowest BCUT2D eigenvalue weighted by Gasteiger charge is -2.21. The Morgan fingerprint density at radius 2 is 1.84 bits per heavy atom. The van der Waals surface area contributed by atoms with E-state index in [1.54, 1.807) is 0 Å². The van der Waals surface area contributed by atoms with Crippen LogP contribution in [-0.4, -0.2) is 35.7 Å². The molecule has 0 N–H and O–H groups in total. The summed E-state index contributed by atoms with van der Waals surface area (Å²) in [5.41, 5.74) is -0.777. The first-order valence-corrected chi connectivity index (χ1v) is 6.27. The number of hydrogen-bond donors (Lipinski definition) is 0. The van der Waals surface area contributed by atoms with Gasteiger partial charge in [-0.1, -0.05) is 15.9 Å². The van der Waals surface area contributed by atoms with E-state index in [2.05, 4.69) is 15.9 Å². The molecule has 1 amide bonds. The van der Waals surface area contributed by atoms with Crippen LogP contribution in [0.25, 0.3) is 0 Å². The quantitative estimate of drug-likeness (QED) is 0.456. The van der Waals surface area contributed by atoms with Crippen LogP contribution >= 0.6 is 15.9 Å². The van der Waals surface area contributed by atoms with Crippen LogP contribution in [0.1, 0.15) is 10.4 Å². The first-order valence-electron chi connectivity index (χ1n) is 5.15. The number of halogens is 6. The molecule has 0 unspecified atom stereocenters. The third-order valence-electron chi connectivity index (χ3n) is 2.27. The van der Waals surface area contributed by atoms with Gasteiger partial charge in [-0.25, -0.2) is 22.0 Å². The van der Waals surface area contributed by atoms with Gasteiger partial charge in [0, 0.05) is 11.9 Å². The highest BCUT2D eigenvalue weighted by Crippen LogP contribution is 2.17. The Bertz CT molecular complexity index is 469. The molecule has 1 aromatic rings. The number of carbonyl (C=O) groups is 1. The van der Waals surface area contributed by atoms with Crippen molar-refractivity contribution in [1.82, 2.24) is 4.90 Å². The van der Waals surface area contributed by atoms with Crippen molar-refractivity contribution < 1.29 is 26.7 Å². The summed E-state index contributed by atoms with van der Waals surface area (Å²) in [6.45, 7) is -1.02. The molecule has 8 heteroatoms. The average molecular weight is 346 g/mol. The maximum absolute atomic E-state index is 13.4. The smallest absolute Gasteiger partial charge is 0.257 e. The van der Waals surface area contributed by atoms with Gasteiger partial charge in [0.25, 0.3) is 12.3 Å². The topological polar surface area (TPSA) is 20.3 Å². The average Bonchev–Trinajstić information content (AvgIpc) is 2.34. The molecule has 0 spiro atoms. The van der Waals surface area contributed by atoms with Crippen LogP contribution in [0.3, 0.4) is 0 Å². The molecule has 0 aliphatic rings. The largest absolute Gasteiger partial charge is 0.332 e. The van der Waals surface area contributed by atoms with Crippen molar-refractivity contribution in [3.8, 4) is 0 Å². The molecule has 0 aliphatic heterocycles. The molecule has 0 atom stereocenters. The number of benzene rings is 1. The lowest BCUT2D eigenvalue weighted by atomic mass is 10.1. The van der Waals surface area contributed by atoms with Crippen molar-refractivity contribution >= 4 is 21.8 Å². The standard InChI is InChI=1S/C11H9BrF5NO/c12-3-4-18(5-8(14)15)11(19)6-1-2-7(13)10(17)9(6)16/h1-2,8H,3-5H2. The summed E-state index contributed by atoms with van der Waals surface area (Å²) in [6, 6.07) is 1.29. The molecule has 1 rings (SSSR count). The van der Waals surface area contributed by atoms with Gasteiger partial charge in [-0.05, 0) is 12.1 Å². The van der Waals surface area contributed by atoms with E-state index in [9.17, 15) is 26.7 Å². The number of hydrogen-bond acceptors (Lipinski definition) is 1. The lowest BCUT2D eigenvalue weighted by molar-refractivity contribution is 0.0567. The highest BCUT2D eigenvalue weighted by Gasteiger charge is 2.24. The maximum atomic E-state index is 13.4. The minimum absolute atomic E-state index is 0.110. The van der Waals surface area contributed by atoms with E-state index in [-0.39, 0.29) is 11.9 Å². The van der Waals surface area contributed by atoms with Crippen LogP contribution < -0.4 is 0 Å². The molecule has 0 bridgehead atoms. The molecule has 2 nitrogen and oxygen atoms in total. The molecular formula is C11H9BrF5NO. The predicted octanol–water partition coefficient (Wildman–Crippen LogP) is 3.21. The van der Waals surface area contributed by atoms with Crippen LogP contribution in [0.15, 0.2) is 12.1 Å². The lowest BCUT2D eigenvalue weighted by Crippen LogP contribution is -2.37. The molecule has 106 valence electrons. The fourth-order valence-corrected chi connectivity index (χ4v) is 1.83. The molecule has 0 aliphatic carbocycles. The normalized spacial score (nSPS) is 10.9. The number of alkyl halides is 3. The first-order chi connectivity index (χ1) is 8.88. The highest BCUT2D eigenvalue weighted by atomic mass is 79.9. The Hall–Kier alpha value is -1.18. The summed E-state index contributed by atoms with van der Waals surface area (Å²) in [5.74, 6) is -6.05. The van der Waals surface area contributed by atoms with E-state index < -0.39 is 41.9 Å². The minimum Gasteiger partial charge on any atom is -0.332 e. The molecular weight excluding hydrogens is 337 g/mol. The summed E-state index contributed by atoms with van der Waals surface area (Å²) >= 11 is 2.96. The van der Waals surface area contributed by atoms with Gasteiger partial charge in [0.15, 0.2) is 17.5 Å². The van der Waals surface area contributed by atoms with Gasteiger partial charge in [0.05, 0.1) is 12.1 Å². The van der Waals surface area contributed by atoms with Crippen molar-refractivity contribution in [2.24, 2.45) is 0 Å². The van der Waals surface area contributed by atoms with Crippen molar-refractivity contribution in [1.29, 1.82) is 0 Å². The van der Waals surface area contributed by atoms with Gasteiger partial charge >= 0.3 is 0 Å². The Morgan fingerprint density at radius 3 is 2.37 bits per heavy atom. The van der Waals surface area contributed by atoms with E-state index in [4.69, 9.17) is 0 Å². The zero-order valence-corrected chi connectivity index (χ0v) is 11.1. The number of carbonyl (C=O) groups excluding carboxylic acids is 1. The second-order valence-electron chi connectivity index (χ2n) is 3.55. The van der Waals surface area contributed by atoms with E-state index >= 15 is 0 Å². The van der Waals surface area contributed by atoms with Crippen LogP contribution in [0.2, 0.25) is 0 Å². The van der Waals surface area contributed by atoms with Crippen LogP contribution in [0.5, 0.6) is 0 Å². The van der Waals surface area contributed by atoms with Crippen molar-refractivity contribution in [2.75, 3.05) is 18.4 Å². The van der Waals surface area contributed by atoms with Crippen molar-refractivity contribution in [3.63, 3.8) is 0 Å². The predicted molar refractivity (Wildman–Crippen MR) is 62.0 cm³/mol. The summed E-state index contributed by atoms with van der Waals surface area (Å²) in [7, 11) is 0. The molecule has 0 radical (unpaired) electrons. The zero-order valence-electron chi connectivity index (χ0n) is 9.48. The Kier molecular flexibility index (Phi) is 5.71. The van der Waals surface area contributed by atoms with Gasteiger partial charge in [-0.2, -0.15) is 0 Å². The first kappa shape index (κ1) is 15.9. The van der Waals surface area contributed by atoms with E-state index in [1.807, 2.05) is 0 Å². The monoisotopic (exact) mass is 345 g/mol. The van der Waals surface area contributed by atoms with Crippen molar-refractivity contribution in [3.05, 3.63) is 35.1 Å². The Balaban J connectivity index is 3.06. The number of nitrogens with zero attached hydrogens (tertiary/aromatic N) is 1. The fourth-order valence-electron chi connectivity index (χ4n) is 1.41. The summed E-state index contributed by atoms with van der Waals surface area (Å²) in [6.07, 6.45) is -2.81. The zero-order chi connectivity index (χ0) is 14.6. The highest BCUT2D eigenvalue weighted by molar-refractivity contribution is 9.09. The van der Waals surface area contributed by atoms with E-state index in [0.29, 0.717) is 11.0 Å². The molecule has 0 heterocycles. The number of amides is 1. The second kappa shape index (κ2) is 6.83. The summed E-state index contributed by atoms with van der Waals surface area (Å²) in [5, 5.41) is 0.191. The molecule has 0 saturated heterocycles. The Labute approximate surface area is 114 Å². The van der Waals surface area contributed by atoms with Crippen LogP contribution in [-0.2, 0) is 0 Å².